The zero-order chi connectivity index (χ0) is 15.9. The van der Waals surface area contributed by atoms with Crippen molar-refractivity contribution in [2.24, 2.45) is 0 Å². The number of carbonyl (C=O) groups is 1. The minimum absolute atomic E-state index is 0.0164. The first-order chi connectivity index (χ1) is 11.3. The Morgan fingerprint density at radius 3 is 2.70 bits per heavy atom. The number of benzene rings is 1. The molecule has 6 nitrogen and oxygen atoms in total. The van der Waals surface area contributed by atoms with Crippen molar-refractivity contribution in [2.45, 2.75) is 6.42 Å². The van der Waals surface area contributed by atoms with Crippen molar-refractivity contribution >= 4 is 5.91 Å². The van der Waals surface area contributed by atoms with Crippen molar-refractivity contribution in [1.29, 1.82) is 0 Å². The highest BCUT2D eigenvalue weighted by Crippen LogP contribution is 2.08. The first-order valence-corrected chi connectivity index (χ1v) is 8.14. The number of carbonyl (C=O) groups excluding carboxylic acids is 1. The lowest BCUT2D eigenvalue weighted by Crippen LogP contribution is -2.44. The van der Waals surface area contributed by atoms with Crippen LogP contribution in [-0.2, 0) is 0 Å². The van der Waals surface area contributed by atoms with Crippen molar-refractivity contribution < 1.29 is 4.79 Å². The van der Waals surface area contributed by atoms with Crippen LogP contribution in [0.25, 0.3) is 5.69 Å². The van der Waals surface area contributed by atoms with E-state index in [1.807, 2.05) is 36.5 Å². The zero-order valence-corrected chi connectivity index (χ0v) is 13.2. The summed E-state index contributed by atoms with van der Waals surface area (Å²) in [6.07, 6.45) is 4.60. The molecule has 122 valence electrons. The van der Waals surface area contributed by atoms with Gasteiger partial charge in [0, 0.05) is 50.7 Å². The highest BCUT2D eigenvalue weighted by Gasteiger charge is 2.09. The quantitative estimate of drug-likeness (QED) is 0.778. The van der Waals surface area contributed by atoms with Gasteiger partial charge in [0.05, 0.1) is 5.69 Å². The van der Waals surface area contributed by atoms with E-state index in [0.29, 0.717) is 12.1 Å². The molecular weight excluding hydrogens is 290 g/mol. The summed E-state index contributed by atoms with van der Waals surface area (Å²) in [5.74, 6) is -0.0164. The Balaban J connectivity index is 1.43. The Hall–Kier alpha value is -2.18. The molecule has 0 unspecified atom stereocenters. The van der Waals surface area contributed by atoms with Crippen LogP contribution in [0.4, 0.5) is 0 Å². The molecule has 6 heteroatoms. The number of nitrogens with one attached hydrogen (secondary N) is 2. The summed E-state index contributed by atoms with van der Waals surface area (Å²) in [7, 11) is 0. The smallest absolute Gasteiger partial charge is 0.251 e. The van der Waals surface area contributed by atoms with Crippen molar-refractivity contribution in [3.05, 3.63) is 48.3 Å². The van der Waals surface area contributed by atoms with E-state index in [9.17, 15) is 4.79 Å². The summed E-state index contributed by atoms with van der Waals surface area (Å²) in [5.41, 5.74) is 1.63. The molecule has 0 aliphatic carbocycles. The SMILES string of the molecule is O=C(NCCCN1CCNCC1)c1ccc(-n2cccn2)cc1. The molecule has 1 fully saturated rings. The molecular formula is C17H23N5O. The Bertz CT molecular complexity index is 602. The van der Waals surface area contributed by atoms with Gasteiger partial charge in [-0.05, 0) is 43.3 Å². The maximum atomic E-state index is 12.1. The molecule has 0 saturated carbocycles. The van der Waals surface area contributed by atoms with Crippen LogP contribution in [0.5, 0.6) is 0 Å². The van der Waals surface area contributed by atoms with Crippen LogP contribution in [-0.4, -0.2) is 59.9 Å². The van der Waals surface area contributed by atoms with Crippen LogP contribution in [0, 0.1) is 0 Å². The van der Waals surface area contributed by atoms with Crippen LogP contribution in [0.2, 0.25) is 0 Å². The van der Waals surface area contributed by atoms with E-state index in [2.05, 4.69) is 20.6 Å². The van der Waals surface area contributed by atoms with Crippen LogP contribution in [0.1, 0.15) is 16.8 Å². The largest absolute Gasteiger partial charge is 0.352 e. The number of piperazine rings is 1. The van der Waals surface area contributed by atoms with Gasteiger partial charge >= 0.3 is 0 Å². The summed E-state index contributed by atoms with van der Waals surface area (Å²) in [6, 6.07) is 9.36. The summed E-state index contributed by atoms with van der Waals surface area (Å²) in [6.45, 7) is 6.08. The predicted molar refractivity (Wildman–Crippen MR) is 89.8 cm³/mol. The number of aromatic nitrogens is 2. The molecule has 1 saturated heterocycles. The standard InChI is InChI=1S/C17H23N5O/c23-17(19-7-1-11-21-13-9-18-10-14-21)15-3-5-16(6-4-15)22-12-2-8-20-22/h2-6,8,12,18H,1,7,9-11,13-14H2,(H,19,23). The summed E-state index contributed by atoms with van der Waals surface area (Å²) >= 11 is 0. The van der Waals surface area contributed by atoms with Gasteiger partial charge in [-0.2, -0.15) is 5.10 Å². The first kappa shape index (κ1) is 15.7. The topological polar surface area (TPSA) is 62.2 Å². The van der Waals surface area contributed by atoms with Gasteiger partial charge in [0.25, 0.3) is 5.91 Å². The van der Waals surface area contributed by atoms with Crippen molar-refractivity contribution in [1.82, 2.24) is 25.3 Å². The third kappa shape index (κ3) is 4.40. The molecule has 3 rings (SSSR count). The molecule has 0 atom stereocenters. The molecule has 23 heavy (non-hydrogen) atoms. The first-order valence-electron chi connectivity index (χ1n) is 8.14. The zero-order valence-electron chi connectivity index (χ0n) is 13.2. The second kappa shape index (κ2) is 7.89. The van der Waals surface area contributed by atoms with Crippen LogP contribution in [0.3, 0.4) is 0 Å². The average molecular weight is 313 g/mol. The second-order valence-electron chi connectivity index (χ2n) is 5.70. The molecule has 1 aliphatic rings. The minimum Gasteiger partial charge on any atom is -0.352 e. The van der Waals surface area contributed by atoms with Gasteiger partial charge in [0.15, 0.2) is 0 Å². The van der Waals surface area contributed by atoms with Crippen LogP contribution >= 0.6 is 0 Å². The molecule has 1 aliphatic heterocycles. The van der Waals surface area contributed by atoms with Gasteiger partial charge in [0.2, 0.25) is 0 Å². The maximum Gasteiger partial charge on any atom is 0.251 e. The van der Waals surface area contributed by atoms with E-state index < -0.39 is 0 Å². The molecule has 2 heterocycles. The van der Waals surface area contributed by atoms with Crippen molar-refractivity contribution in [2.75, 3.05) is 39.3 Å². The fourth-order valence-electron chi connectivity index (χ4n) is 2.73. The molecule has 1 amide bonds. The number of rotatable bonds is 6. The van der Waals surface area contributed by atoms with E-state index in [4.69, 9.17) is 0 Å². The van der Waals surface area contributed by atoms with Crippen molar-refractivity contribution in [3.8, 4) is 5.69 Å². The fraction of sp³-hybridized carbons (Fsp3) is 0.412. The number of hydrogen-bond donors (Lipinski definition) is 2. The lowest BCUT2D eigenvalue weighted by molar-refractivity contribution is 0.0951. The van der Waals surface area contributed by atoms with Crippen molar-refractivity contribution in [3.63, 3.8) is 0 Å². The van der Waals surface area contributed by atoms with E-state index in [-0.39, 0.29) is 5.91 Å². The minimum atomic E-state index is -0.0164. The third-order valence-corrected chi connectivity index (χ3v) is 4.04. The normalized spacial score (nSPS) is 15.5. The lowest BCUT2D eigenvalue weighted by atomic mass is 10.2. The van der Waals surface area contributed by atoms with E-state index in [1.54, 1.807) is 10.9 Å². The number of hydrogen-bond acceptors (Lipinski definition) is 4. The van der Waals surface area contributed by atoms with Gasteiger partial charge < -0.3 is 15.5 Å². The van der Waals surface area contributed by atoms with Gasteiger partial charge in [-0.25, -0.2) is 4.68 Å². The monoisotopic (exact) mass is 313 g/mol. The Morgan fingerprint density at radius 2 is 2.00 bits per heavy atom. The summed E-state index contributed by atoms with van der Waals surface area (Å²) in [5, 5.41) is 10.5. The highest BCUT2D eigenvalue weighted by molar-refractivity contribution is 5.94. The van der Waals surface area contributed by atoms with Gasteiger partial charge in [0.1, 0.15) is 0 Å². The van der Waals surface area contributed by atoms with Crippen LogP contribution in [0.15, 0.2) is 42.7 Å². The van der Waals surface area contributed by atoms with E-state index >= 15 is 0 Å². The predicted octanol–water partition coefficient (Wildman–Crippen LogP) is 0.897. The molecule has 1 aromatic carbocycles. The molecule has 0 spiro atoms. The number of amides is 1. The molecule has 0 radical (unpaired) electrons. The van der Waals surface area contributed by atoms with E-state index in [1.165, 1.54) is 0 Å². The fourth-order valence-corrected chi connectivity index (χ4v) is 2.73. The Labute approximate surface area is 136 Å². The summed E-state index contributed by atoms with van der Waals surface area (Å²) < 4.78 is 1.77. The van der Waals surface area contributed by atoms with E-state index in [0.717, 1.165) is 44.8 Å². The third-order valence-electron chi connectivity index (χ3n) is 4.04. The van der Waals surface area contributed by atoms with Gasteiger partial charge in [-0.1, -0.05) is 0 Å². The summed E-state index contributed by atoms with van der Waals surface area (Å²) in [4.78, 5) is 14.6. The molecule has 2 N–H and O–H groups in total. The lowest BCUT2D eigenvalue weighted by Gasteiger charge is -2.27. The molecule has 0 bridgehead atoms. The van der Waals surface area contributed by atoms with Gasteiger partial charge in [-0.15, -0.1) is 0 Å². The Morgan fingerprint density at radius 1 is 1.22 bits per heavy atom. The Kier molecular flexibility index (Phi) is 5.39. The second-order valence-corrected chi connectivity index (χ2v) is 5.70. The highest BCUT2D eigenvalue weighted by atomic mass is 16.1. The average Bonchev–Trinajstić information content (AvgIpc) is 3.14. The maximum absolute atomic E-state index is 12.1. The van der Waals surface area contributed by atoms with Gasteiger partial charge in [-0.3, -0.25) is 4.79 Å². The van der Waals surface area contributed by atoms with Crippen LogP contribution < -0.4 is 10.6 Å². The molecule has 2 aromatic rings. The molecule has 1 aromatic heterocycles. The number of nitrogens with zero attached hydrogens (tertiary/aromatic N) is 3.